The van der Waals surface area contributed by atoms with E-state index in [1.807, 2.05) is 31.2 Å². The van der Waals surface area contributed by atoms with Gasteiger partial charge in [0.05, 0.1) is 5.92 Å². The molecule has 0 spiro atoms. The smallest absolute Gasteiger partial charge is 0.307 e. The van der Waals surface area contributed by atoms with Crippen LogP contribution in [-0.2, 0) is 4.79 Å². The van der Waals surface area contributed by atoms with E-state index in [0.717, 1.165) is 12.0 Å². The predicted octanol–water partition coefficient (Wildman–Crippen LogP) is 2.70. The fraction of sp³-hybridized carbons (Fsp3) is 0.375. The second-order valence-electron chi connectivity index (χ2n) is 5.57. The van der Waals surface area contributed by atoms with Crippen LogP contribution in [0.25, 0.3) is 0 Å². The summed E-state index contributed by atoms with van der Waals surface area (Å²) >= 11 is 0. The molecule has 0 aliphatic heterocycles. The highest BCUT2D eigenvalue weighted by Crippen LogP contribution is 2.49. The Morgan fingerprint density at radius 2 is 1.63 bits per heavy atom. The molecule has 98 valence electrons. The summed E-state index contributed by atoms with van der Waals surface area (Å²) in [7, 11) is 0. The van der Waals surface area contributed by atoms with Crippen LogP contribution in [0.3, 0.4) is 0 Å². The highest BCUT2D eigenvalue weighted by molar-refractivity contribution is 6.01. The third-order valence-corrected chi connectivity index (χ3v) is 4.38. The minimum atomic E-state index is -0.845. The molecule has 2 aliphatic carbocycles. The molecule has 0 unspecified atom stereocenters. The Labute approximate surface area is 111 Å². The zero-order valence-corrected chi connectivity index (χ0v) is 10.7. The summed E-state index contributed by atoms with van der Waals surface area (Å²) in [6.07, 6.45) is 4.78. The summed E-state index contributed by atoms with van der Waals surface area (Å²) in [5, 5.41) is 9.36. The number of hydrogen-bond donors (Lipinski definition) is 1. The van der Waals surface area contributed by atoms with E-state index >= 15 is 0 Å². The minimum absolute atomic E-state index is 0.0238. The number of hydrogen-bond acceptors (Lipinski definition) is 2. The number of Topliss-reactive ketones (excluding diaryl/α,β-unsaturated/α-hetero) is 1. The molecule has 4 atom stereocenters. The summed E-state index contributed by atoms with van der Waals surface area (Å²) in [4.78, 5) is 24.0. The summed E-state index contributed by atoms with van der Waals surface area (Å²) in [6.45, 7) is 1.97. The predicted molar refractivity (Wildman–Crippen MR) is 70.9 cm³/mol. The molecule has 1 saturated carbocycles. The molecule has 0 aromatic heterocycles. The van der Waals surface area contributed by atoms with Gasteiger partial charge in [-0.2, -0.15) is 0 Å². The number of aryl methyl sites for hydroxylation is 1. The molecule has 19 heavy (non-hydrogen) atoms. The van der Waals surface area contributed by atoms with Crippen molar-refractivity contribution in [3.8, 4) is 0 Å². The molecule has 0 amide bonds. The molecule has 0 radical (unpaired) electrons. The van der Waals surface area contributed by atoms with Gasteiger partial charge in [-0.05, 0) is 25.2 Å². The average Bonchev–Trinajstić information content (AvgIpc) is 2.98. The van der Waals surface area contributed by atoms with Crippen LogP contribution in [0.15, 0.2) is 36.4 Å². The largest absolute Gasteiger partial charge is 0.481 e. The number of ketones is 1. The van der Waals surface area contributed by atoms with Crippen LogP contribution in [0.5, 0.6) is 0 Å². The zero-order valence-electron chi connectivity index (χ0n) is 10.7. The van der Waals surface area contributed by atoms with Crippen molar-refractivity contribution in [2.75, 3.05) is 0 Å². The maximum Gasteiger partial charge on any atom is 0.307 e. The maximum atomic E-state index is 12.6. The van der Waals surface area contributed by atoms with Crippen molar-refractivity contribution in [1.29, 1.82) is 0 Å². The Kier molecular flexibility index (Phi) is 2.77. The summed E-state index contributed by atoms with van der Waals surface area (Å²) in [5.41, 5.74) is 1.72. The molecule has 1 aromatic rings. The van der Waals surface area contributed by atoms with Gasteiger partial charge in [0.1, 0.15) is 0 Å². The van der Waals surface area contributed by atoms with Crippen LogP contribution in [0.1, 0.15) is 22.3 Å². The second-order valence-corrected chi connectivity index (χ2v) is 5.57. The van der Waals surface area contributed by atoms with Gasteiger partial charge in [-0.3, -0.25) is 9.59 Å². The Morgan fingerprint density at radius 1 is 1.05 bits per heavy atom. The third-order valence-electron chi connectivity index (χ3n) is 4.38. The Bertz CT molecular complexity index is 556. The quantitative estimate of drug-likeness (QED) is 0.668. The number of allylic oxidation sites excluding steroid dienone is 2. The van der Waals surface area contributed by atoms with Crippen molar-refractivity contribution in [2.24, 2.45) is 23.7 Å². The number of benzene rings is 1. The lowest BCUT2D eigenvalue weighted by Crippen LogP contribution is -2.33. The van der Waals surface area contributed by atoms with Crippen LogP contribution >= 0.6 is 0 Å². The van der Waals surface area contributed by atoms with Gasteiger partial charge in [0.2, 0.25) is 0 Å². The van der Waals surface area contributed by atoms with Crippen molar-refractivity contribution >= 4 is 11.8 Å². The van der Waals surface area contributed by atoms with E-state index in [1.54, 1.807) is 12.1 Å². The van der Waals surface area contributed by atoms with E-state index in [2.05, 4.69) is 0 Å². The van der Waals surface area contributed by atoms with Crippen molar-refractivity contribution in [2.45, 2.75) is 13.3 Å². The number of carboxylic acids is 1. The number of aliphatic carboxylic acids is 1. The van der Waals surface area contributed by atoms with Crippen molar-refractivity contribution < 1.29 is 14.7 Å². The summed E-state index contributed by atoms with van der Waals surface area (Å²) in [5.74, 6) is -1.69. The number of carbonyl (C=O) groups is 2. The minimum Gasteiger partial charge on any atom is -0.481 e. The van der Waals surface area contributed by atoms with Crippen molar-refractivity contribution in [3.05, 3.63) is 47.5 Å². The van der Waals surface area contributed by atoms with Crippen LogP contribution in [0.2, 0.25) is 0 Å². The van der Waals surface area contributed by atoms with Gasteiger partial charge in [-0.15, -0.1) is 0 Å². The molecule has 3 heteroatoms. The van der Waals surface area contributed by atoms with Crippen molar-refractivity contribution in [1.82, 2.24) is 0 Å². The van der Waals surface area contributed by atoms with Gasteiger partial charge >= 0.3 is 5.97 Å². The first kappa shape index (κ1) is 12.2. The van der Waals surface area contributed by atoms with Crippen LogP contribution < -0.4 is 0 Å². The molecule has 1 fully saturated rings. The Hall–Kier alpha value is -1.90. The number of carbonyl (C=O) groups excluding carboxylic acids is 1. The average molecular weight is 256 g/mol. The van der Waals surface area contributed by atoms with E-state index in [1.165, 1.54) is 0 Å². The van der Waals surface area contributed by atoms with E-state index in [0.29, 0.717) is 5.56 Å². The van der Waals surface area contributed by atoms with E-state index < -0.39 is 17.8 Å². The fourth-order valence-corrected chi connectivity index (χ4v) is 3.43. The van der Waals surface area contributed by atoms with Crippen LogP contribution in [0.4, 0.5) is 0 Å². The topological polar surface area (TPSA) is 54.4 Å². The molecular formula is C16H16O3. The molecule has 1 N–H and O–H groups in total. The zero-order chi connectivity index (χ0) is 13.6. The third kappa shape index (κ3) is 1.89. The second kappa shape index (κ2) is 4.34. The number of rotatable bonds is 3. The fourth-order valence-electron chi connectivity index (χ4n) is 3.43. The lowest BCUT2D eigenvalue weighted by Gasteiger charge is -2.23. The number of fused-ring (bicyclic) bond motifs is 2. The normalized spacial score (nSPS) is 31.6. The van der Waals surface area contributed by atoms with Crippen LogP contribution in [0, 0.1) is 30.6 Å². The highest BCUT2D eigenvalue weighted by atomic mass is 16.4. The van der Waals surface area contributed by atoms with Crippen molar-refractivity contribution in [3.63, 3.8) is 0 Å². The first-order valence-electron chi connectivity index (χ1n) is 6.60. The lowest BCUT2D eigenvalue weighted by atomic mass is 9.78. The summed E-state index contributed by atoms with van der Waals surface area (Å²) in [6, 6.07) is 7.39. The van der Waals surface area contributed by atoms with E-state index in [9.17, 15) is 14.7 Å². The van der Waals surface area contributed by atoms with E-state index in [-0.39, 0.29) is 17.6 Å². The molecule has 2 aliphatic rings. The van der Waals surface area contributed by atoms with Gasteiger partial charge in [-0.25, -0.2) is 0 Å². The molecule has 2 bridgehead atoms. The van der Waals surface area contributed by atoms with Gasteiger partial charge in [-0.1, -0.05) is 42.0 Å². The molecule has 1 aromatic carbocycles. The first-order valence-corrected chi connectivity index (χ1v) is 6.60. The van der Waals surface area contributed by atoms with Gasteiger partial charge in [0, 0.05) is 11.5 Å². The SMILES string of the molecule is Cc1ccc(C(=O)[C@@H]2[C@@H](C(=O)O)[C@H]3C=C[C@@H]2C3)cc1. The lowest BCUT2D eigenvalue weighted by molar-refractivity contribution is -0.143. The molecule has 0 heterocycles. The maximum absolute atomic E-state index is 12.6. The molecule has 3 rings (SSSR count). The summed E-state index contributed by atoms with van der Waals surface area (Å²) < 4.78 is 0. The first-order chi connectivity index (χ1) is 9.08. The standard InChI is InChI=1S/C16H16O3/c1-9-2-4-10(5-3-9)15(17)13-11-6-7-12(8-11)14(13)16(18)19/h2-7,11-14H,8H2,1H3,(H,18,19)/t11-,12+,13+,14+/m1/s1. The van der Waals surface area contributed by atoms with Crippen LogP contribution in [-0.4, -0.2) is 16.9 Å². The Morgan fingerprint density at radius 3 is 2.21 bits per heavy atom. The van der Waals surface area contributed by atoms with Gasteiger partial charge in [0.25, 0.3) is 0 Å². The Balaban J connectivity index is 1.92. The highest BCUT2D eigenvalue weighted by Gasteiger charge is 2.51. The molecule has 0 saturated heterocycles. The van der Waals surface area contributed by atoms with Gasteiger partial charge in [0.15, 0.2) is 5.78 Å². The van der Waals surface area contributed by atoms with Gasteiger partial charge < -0.3 is 5.11 Å². The van der Waals surface area contributed by atoms with E-state index in [4.69, 9.17) is 0 Å². The molecular weight excluding hydrogens is 240 g/mol. The molecule has 3 nitrogen and oxygen atoms in total. The number of carboxylic acid groups (broad SMARTS) is 1. The monoisotopic (exact) mass is 256 g/mol.